The van der Waals surface area contributed by atoms with Crippen LogP contribution in [0.15, 0.2) is 65.7 Å². The first-order chi connectivity index (χ1) is 18.2. The first kappa shape index (κ1) is 39.2. The number of rotatable bonds is 4. The van der Waals surface area contributed by atoms with Crippen LogP contribution in [0.2, 0.25) is 0 Å². The van der Waals surface area contributed by atoms with E-state index in [1.54, 1.807) is 33.5 Å². The largest absolute Gasteiger partial charge is 0.493 e. The second-order valence-corrected chi connectivity index (χ2v) is 14.7. The van der Waals surface area contributed by atoms with Crippen LogP contribution in [0, 0.1) is 37.7 Å². The second-order valence-electron chi connectivity index (χ2n) is 12.7. The Bertz CT molecular complexity index is 1280. The van der Waals surface area contributed by atoms with Crippen molar-refractivity contribution in [3.63, 3.8) is 0 Å². The molecule has 0 aliphatic heterocycles. The van der Waals surface area contributed by atoms with Crippen molar-refractivity contribution in [3.05, 3.63) is 77.6 Å². The summed E-state index contributed by atoms with van der Waals surface area (Å²) in [6, 6.07) is 17.1. The summed E-state index contributed by atoms with van der Waals surface area (Å²) in [5.41, 5.74) is 3.74. The normalized spacial score (nSPS) is 11.5. The third kappa shape index (κ3) is 12.9. The Morgan fingerprint density at radius 1 is 0.634 bits per heavy atom. The summed E-state index contributed by atoms with van der Waals surface area (Å²) >= 11 is 0. The molecule has 0 aliphatic carbocycles. The topological polar surface area (TPSA) is 74.7 Å². The molecule has 0 atom stereocenters. The van der Waals surface area contributed by atoms with E-state index >= 15 is 0 Å². The van der Waals surface area contributed by atoms with Crippen LogP contribution in [0.4, 0.5) is 0 Å². The molecule has 3 rings (SSSR count). The Kier molecular flexibility index (Phi) is 15.4. The van der Waals surface area contributed by atoms with E-state index in [0.29, 0.717) is 22.1 Å². The predicted octanol–water partition coefficient (Wildman–Crippen LogP) is 7.78. The zero-order valence-corrected chi connectivity index (χ0v) is 28.5. The number of aromatic nitrogens is 1. The molecule has 0 bridgehead atoms. The van der Waals surface area contributed by atoms with E-state index in [1.165, 1.54) is 6.26 Å². The molecule has 0 amide bonds. The van der Waals surface area contributed by atoms with E-state index in [0.717, 1.165) is 16.8 Å². The Balaban J connectivity index is 0.000000592. The Hall–Kier alpha value is -1.80. The van der Waals surface area contributed by atoms with Gasteiger partial charge in [-0.3, -0.25) is 4.98 Å². The SMILES string of the molecule is CC(C)(C)c1ccc(S(C)(=O)=O)cc1.CC(C)(C)c1ccccn1.COc1cc(C(C)(C)C)cc(OC)c1OC.[Ar]. The molecule has 230 valence electrons. The van der Waals surface area contributed by atoms with E-state index in [4.69, 9.17) is 14.2 Å². The number of benzene rings is 2. The van der Waals surface area contributed by atoms with E-state index in [2.05, 4.69) is 73.4 Å². The van der Waals surface area contributed by atoms with Crippen molar-refractivity contribution >= 4 is 9.84 Å². The van der Waals surface area contributed by atoms with Crippen LogP contribution in [0.5, 0.6) is 17.2 Å². The third-order valence-electron chi connectivity index (χ3n) is 6.11. The van der Waals surface area contributed by atoms with Gasteiger partial charge in [-0.25, -0.2) is 8.42 Å². The molecule has 0 saturated heterocycles. The van der Waals surface area contributed by atoms with Crippen molar-refractivity contribution < 1.29 is 60.4 Å². The molecular formula is C33H49ArNO5S. The van der Waals surface area contributed by atoms with Gasteiger partial charge in [-0.2, -0.15) is 0 Å². The number of hydrogen-bond acceptors (Lipinski definition) is 6. The summed E-state index contributed by atoms with van der Waals surface area (Å²) in [7, 11) is 1.80. The van der Waals surface area contributed by atoms with Gasteiger partial charge in [0.05, 0.1) is 26.2 Å². The van der Waals surface area contributed by atoms with Crippen molar-refractivity contribution in [2.75, 3.05) is 27.6 Å². The van der Waals surface area contributed by atoms with Crippen LogP contribution in [-0.4, -0.2) is 41.0 Å². The third-order valence-corrected chi connectivity index (χ3v) is 7.24. The molecule has 2 aromatic carbocycles. The molecule has 6 nitrogen and oxygen atoms in total. The van der Waals surface area contributed by atoms with Crippen molar-refractivity contribution in [3.8, 4) is 17.2 Å². The summed E-state index contributed by atoms with van der Waals surface area (Å²) in [5, 5.41) is 0. The van der Waals surface area contributed by atoms with Crippen molar-refractivity contribution in [2.45, 2.75) is 83.5 Å². The summed E-state index contributed by atoms with van der Waals surface area (Å²) < 4.78 is 38.3. The van der Waals surface area contributed by atoms with Gasteiger partial charge in [0.1, 0.15) is 0 Å². The Morgan fingerprint density at radius 2 is 1.10 bits per heavy atom. The molecule has 0 unspecified atom stereocenters. The molecule has 0 saturated carbocycles. The first-order valence-electron chi connectivity index (χ1n) is 13.3. The summed E-state index contributed by atoms with van der Waals surface area (Å²) in [6.45, 7) is 19.2. The maximum absolute atomic E-state index is 11.2. The molecule has 0 spiro atoms. The van der Waals surface area contributed by atoms with Crippen LogP contribution in [0.3, 0.4) is 0 Å². The van der Waals surface area contributed by atoms with E-state index in [9.17, 15) is 8.42 Å². The zero-order chi connectivity index (χ0) is 30.9. The number of methoxy groups -OCH3 is 3. The number of nitrogens with zero attached hydrogens (tertiary/aromatic N) is 1. The zero-order valence-electron chi connectivity index (χ0n) is 27.0. The molecule has 0 fully saturated rings. The minimum absolute atomic E-state index is 0. The fourth-order valence-electron chi connectivity index (χ4n) is 3.52. The Morgan fingerprint density at radius 3 is 1.37 bits per heavy atom. The predicted molar refractivity (Wildman–Crippen MR) is 166 cm³/mol. The minimum Gasteiger partial charge on any atom is -0.493 e. The van der Waals surface area contributed by atoms with Gasteiger partial charge in [0, 0.05) is 61.3 Å². The van der Waals surface area contributed by atoms with Crippen LogP contribution >= 0.6 is 0 Å². The molecule has 0 radical (unpaired) electrons. The van der Waals surface area contributed by atoms with Crippen LogP contribution in [-0.2, 0) is 26.1 Å². The smallest absolute Gasteiger partial charge is 0.203 e. The maximum Gasteiger partial charge on any atom is 0.203 e. The quantitative estimate of drug-likeness (QED) is 0.300. The van der Waals surface area contributed by atoms with Gasteiger partial charge in [0.25, 0.3) is 0 Å². The maximum atomic E-state index is 11.2. The average Bonchev–Trinajstić information content (AvgIpc) is 2.87. The monoisotopic (exact) mass is 611 g/mol. The minimum atomic E-state index is -3.07. The van der Waals surface area contributed by atoms with E-state index in [-0.39, 0.29) is 54.0 Å². The van der Waals surface area contributed by atoms with Gasteiger partial charge in [0.15, 0.2) is 21.3 Å². The first-order valence-corrected chi connectivity index (χ1v) is 15.2. The number of sulfone groups is 1. The molecule has 1 aromatic heterocycles. The molecule has 1 heterocycles. The fourth-order valence-corrected chi connectivity index (χ4v) is 4.15. The molecule has 8 heteroatoms. The van der Waals surface area contributed by atoms with Gasteiger partial charge < -0.3 is 14.2 Å². The summed E-state index contributed by atoms with van der Waals surface area (Å²) in [4.78, 5) is 4.63. The van der Waals surface area contributed by atoms with Crippen molar-refractivity contribution in [2.24, 2.45) is 0 Å². The molecule has 0 aliphatic rings. The van der Waals surface area contributed by atoms with Crippen molar-refractivity contribution in [1.82, 2.24) is 4.98 Å². The molecule has 3 aromatic rings. The number of pyridine rings is 1. The number of hydrogen-bond donors (Lipinski definition) is 0. The summed E-state index contributed by atoms with van der Waals surface area (Å²) in [5.74, 6) is 2.04. The second kappa shape index (κ2) is 16.2. The Labute approximate surface area is 279 Å². The molecular weight excluding hydrogens is 562 g/mol. The fraction of sp³-hybridized carbons (Fsp3) is 0.485. The van der Waals surface area contributed by atoms with Gasteiger partial charge in [-0.1, -0.05) is 80.5 Å². The number of ether oxygens (including phenoxy) is 3. The van der Waals surface area contributed by atoms with Gasteiger partial charge in [-0.15, -0.1) is 0 Å². The van der Waals surface area contributed by atoms with Gasteiger partial charge in [0.2, 0.25) is 5.75 Å². The van der Waals surface area contributed by atoms with E-state index < -0.39 is 9.84 Å². The molecule has 41 heavy (non-hydrogen) atoms. The standard InChI is InChI=1S/C13H20O3.C11H16O2S.C9H13N.Ar/c1-13(2,3)9-7-10(14-4)12(16-6)11(8-9)15-5;1-11(2,3)9-5-7-10(8-6-9)14(4,12)13;1-9(2,3)8-6-4-5-7-10-8;/h7-8H,1-6H3;5-8H,1-4H3;4-7H,1-3H3;. The average molecular weight is 612 g/mol. The van der Waals surface area contributed by atoms with E-state index in [1.807, 2.05) is 42.6 Å². The molecule has 0 N–H and O–H groups in total. The van der Waals surface area contributed by atoms with Gasteiger partial charge >= 0.3 is 0 Å². The van der Waals surface area contributed by atoms with Gasteiger partial charge in [-0.05, 0) is 58.4 Å². The van der Waals surface area contributed by atoms with Crippen molar-refractivity contribution in [1.29, 1.82) is 0 Å². The van der Waals surface area contributed by atoms with Crippen LogP contribution in [0.25, 0.3) is 0 Å². The van der Waals surface area contributed by atoms with Crippen LogP contribution in [0.1, 0.15) is 79.1 Å². The summed E-state index contributed by atoms with van der Waals surface area (Å²) in [6.07, 6.45) is 3.06. The van der Waals surface area contributed by atoms with Crippen LogP contribution < -0.4 is 14.2 Å².